The summed E-state index contributed by atoms with van der Waals surface area (Å²) in [7, 11) is 0. The molecule has 1 amide bonds. The van der Waals surface area contributed by atoms with Gasteiger partial charge in [0.2, 0.25) is 5.82 Å². The van der Waals surface area contributed by atoms with Crippen LogP contribution in [0.1, 0.15) is 5.56 Å². The highest BCUT2D eigenvalue weighted by atomic mass is 32.1. The van der Waals surface area contributed by atoms with E-state index in [-0.39, 0.29) is 18.5 Å². The van der Waals surface area contributed by atoms with Crippen molar-refractivity contribution < 1.29 is 14.5 Å². The Morgan fingerprint density at radius 3 is 2.67 bits per heavy atom. The van der Waals surface area contributed by atoms with Gasteiger partial charge in [0.05, 0.1) is 0 Å². The van der Waals surface area contributed by atoms with Gasteiger partial charge in [-0.25, -0.2) is 4.79 Å². The van der Waals surface area contributed by atoms with Crippen molar-refractivity contribution in [3.05, 3.63) is 57.6 Å². The average Bonchev–Trinajstić information content (AvgIpc) is 3.28. The second-order valence-corrected chi connectivity index (χ2v) is 6.96. The largest absolute Gasteiger partial charge is 0.445 e. The second kappa shape index (κ2) is 7.23. The van der Waals surface area contributed by atoms with E-state index < -0.39 is 4.92 Å². The van der Waals surface area contributed by atoms with Crippen LogP contribution in [0.25, 0.3) is 4.96 Å². The van der Waals surface area contributed by atoms with Crippen LogP contribution in [0.15, 0.2) is 41.9 Å². The van der Waals surface area contributed by atoms with Crippen LogP contribution in [0.2, 0.25) is 0 Å². The van der Waals surface area contributed by atoms with Gasteiger partial charge in [0.1, 0.15) is 12.8 Å². The maximum absolute atomic E-state index is 12.2. The number of aromatic nitrogens is 2. The molecule has 0 radical (unpaired) electrons. The SMILES string of the molecule is O=C(OCc1ccccc1)N1CCN(c2nc3sccn3c2[N+](=O)[O-])CC1. The number of nitrogens with zero attached hydrogens (tertiary/aromatic N) is 5. The average molecular weight is 387 g/mol. The monoisotopic (exact) mass is 387 g/mol. The number of amides is 1. The zero-order chi connectivity index (χ0) is 18.8. The van der Waals surface area contributed by atoms with Crippen LogP contribution in [0.5, 0.6) is 0 Å². The van der Waals surface area contributed by atoms with Crippen LogP contribution in [0.4, 0.5) is 16.4 Å². The van der Waals surface area contributed by atoms with E-state index in [0.717, 1.165) is 5.56 Å². The first-order chi connectivity index (χ1) is 13.1. The molecule has 27 heavy (non-hydrogen) atoms. The lowest BCUT2D eigenvalue weighted by Gasteiger charge is -2.33. The molecular formula is C17H17N5O4S. The molecule has 1 aromatic carbocycles. The molecule has 1 aliphatic heterocycles. The number of hydrogen-bond acceptors (Lipinski definition) is 7. The number of ether oxygens (including phenoxy) is 1. The van der Waals surface area contributed by atoms with Crippen molar-refractivity contribution in [1.82, 2.24) is 14.3 Å². The molecule has 1 aliphatic rings. The summed E-state index contributed by atoms with van der Waals surface area (Å²) in [5, 5.41) is 13.2. The third-order valence-corrected chi connectivity index (χ3v) is 5.19. The van der Waals surface area contributed by atoms with E-state index in [1.54, 1.807) is 16.5 Å². The molecule has 4 rings (SSSR count). The van der Waals surface area contributed by atoms with E-state index in [1.165, 1.54) is 15.7 Å². The number of benzene rings is 1. The van der Waals surface area contributed by atoms with E-state index in [0.29, 0.717) is 37.0 Å². The highest BCUT2D eigenvalue weighted by Crippen LogP contribution is 2.31. The van der Waals surface area contributed by atoms with Crippen LogP contribution < -0.4 is 4.90 Å². The lowest BCUT2D eigenvalue weighted by atomic mass is 10.2. The Labute approximate surface area is 158 Å². The van der Waals surface area contributed by atoms with Gasteiger partial charge in [0.15, 0.2) is 0 Å². The number of carbonyl (C=O) groups excluding carboxylic acids is 1. The van der Waals surface area contributed by atoms with E-state index in [2.05, 4.69) is 4.98 Å². The maximum Gasteiger partial charge on any atom is 0.410 e. The van der Waals surface area contributed by atoms with E-state index in [1.807, 2.05) is 35.2 Å². The van der Waals surface area contributed by atoms with Crippen LogP contribution in [0, 0.1) is 10.1 Å². The summed E-state index contributed by atoms with van der Waals surface area (Å²) in [4.78, 5) is 31.7. The zero-order valence-corrected chi connectivity index (χ0v) is 15.2. The lowest BCUT2D eigenvalue weighted by Crippen LogP contribution is -2.49. The van der Waals surface area contributed by atoms with Gasteiger partial charge in [0.25, 0.3) is 4.96 Å². The number of carbonyl (C=O) groups is 1. The number of anilines is 1. The molecule has 0 aliphatic carbocycles. The first kappa shape index (κ1) is 17.3. The highest BCUT2D eigenvalue weighted by Gasteiger charge is 2.31. The standard InChI is InChI=1S/C17H17N5O4S/c23-17(26-12-13-4-2-1-3-5-13)20-8-6-19(7-9-20)14-15(22(24)25)21-10-11-27-16(21)18-14/h1-5,10-11H,6-9,12H2. The molecule has 3 aromatic rings. The molecule has 0 atom stereocenters. The summed E-state index contributed by atoms with van der Waals surface area (Å²) < 4.78 is 6.83. The van der Waals surface area contributed by atoms with Crippen LogP contribution in [-0.4, -0.2) is 51.5 Å². The van der Waals surface area contributed by atoms with Gasteiger partial charge in [-0.15, -0.1) is 0 Å². The lowest BCUT2D eigenvalue weighted by molar-refractivity contribution is -0.389. The number of fused-ring (bicyclic) bond motifs is 1. The van der Waals surface area contributed by atoms with Gasteiger partial charge in [-0.1, -0.05) is 41.7 Å². The second-order valence-electron chi connectivity index (χ2n) is 6.09. The Hall–Kier alpha value is -3.14. The number of nitro groups is 1. The molecule has 140 valence electrons. The molecule has 9 nitrogen and oxygen atoms in total. The minimum Gasteiger partial charge on any atom is -0.445 e. The summed E-state index contributed by atoms with van der Waals surface area (Å²) in [5.41, 5.74) is 0.929. The van der Waals surface area contributed by atoms with E-state index >= 15 is 0 Å². The van der Waals surface area contributed by atoms with Crippen molar-refractivity contribution in [2.45, 2.75) is 6.61 Å². The molecule has 0 saturated carbocycles. The fraction of sp³-hybridized carbons (Fsp3) is 0.294. The molecule has 2 aromatic heterocycles. The summed E-state index contributed by atoms with van der Waals surface area (Å²) in [6.07, 6.45) is 1.27. The van der Waals surface area contributed by atoms with Gasteiger partial charge in [-0.3, -0.25) is 0 Å². The maximum atomic E-state index is 12.2. The van der Waals surface area contributed by atoms with Crippen LogP contribution in [0.3, 0.4) is 0 Å². The Bertz CT molecular complexity index is 962. The molecule has 0 bridgehead atoms. The Morgan fingerprint density at radius 2 is 1.96 bits per heavy atom. The van der Waals surface area contributed by atoms with Crippen molar-refractivity contribution in [1.29, 1.82) is 0 Å². The van der Waals surface area contributed by atoms with Gasteiger partial charge in [0, 0.05) is 31.6 Å². The fourth-order valence-electron chi connectivity index (χ4n) is 3.06. The number of piperazine rings is 1. The minimum atomic E-state index is -0.414. The summed E-state index contributed by atoms with van der Waals surface area (Å²) in [5.74, 6) is 0.315. The zero-order valence-electron chi connectivity index (χ0n) is 14.4. The normalized spacial score (nSPS) is 14.5. The Morgan fingerprint density at radius 1 is 1.22 bits per heavy atom. The molecule has 1 fully saturated rings. The molecule has 3 heterocycles. The topological polar surface area (TPSA) is 93.2 Å². The quantitative estimate of drug-likeness (QED) is 0.505. The van der Waals surface area contributed by atoms with Crippen molar-refractivity contribution in [3.63, 3.8) is 0 Å². The fourth-order valence-corrected chi connectivity index (χ4v) is 3.76. The summed E-state index contributed by atoms with van der Waals surface area (Å²) in [6, 6.07) is 9.49. The highest BCUT2D eigenvalue weighted by molar-refractivity contribution is 7.15. The van der Waals surface area contributed by atoms with Crippen LogP contribution in [-0.2, 0) is 11.3 Å². The van der Waals surface area contributed by atoms with Gasteiger partial charge in [-0.05, 0) is 10.5 Å². The van der Waals surface area contributed by atoms with Crippen molar-refractivity contribution >= 4 is 34.0 Å². The van der Waals surface area contributed by atoms with Crippen molar-refractivity contribution in [3.8, 4) is 0 Å². The van der Waals surface area contributed by atoms with E-state index in [9.17, 15) is 14.9 Å². The molecular weight excluding hydrogens is 370 g/mol. The third kappa shape index (κ3) is 3.43. The molecule has 0 N–H and O–H groups in total. The predicted octanol–water partition coefficient (Wildman–Crippen LogP) is 2.76. The molecule has 1 saturated heterocycles. The molecule has 0 spiro atoms. The predicted molar refractivity (Wildman–Crippen MR) is 100 cm³/mol. The van der Waals surface area contributed by atoms with Gasteiger partial charge < -0.3 is 24.7 Å². The number of rotatable bonds is 4. The minimum absolute atomic E-state index is 0.0358. The van der Waals surface area contributed by atoms with Gasteiger partial charge in [-0.2, -0.15) is 9.38 Å². The first-order valence-electron chi connectivity index (χ1n) is 8.44. The van der Waals surface area contributed by atoms with Crippen molar-refractivity contribution in [2.24, 2.45) is 0 Å². The van der Waals surface area contributed by atoms with E-state index in [4.69, 9.17) is 4.74 Å². The third-order valence-electron chi connectivity index (χ3n) is 4.43. The number of thiazole rings is 1. The smallest absolute Gasteiger partial charge is 0.410 e. The number of imidazole rings is 1. The van der Waals surface area contributed by atoms with Crippen molar-refractivity contribution in [2.75, 3.05) is 31.1 Å². The van der Waals surface area contributed by atoms with Crippen LogP contribution >= 0.6 is 11.3 Å². The Kier molecular flexibility index (Phi) is 4.63. The summed E-state index contributed by atoms with van der Waals surface area (Å²) >= 11 is 1.35. The molecule has 0 unspecified atom stereocenters. The Balaban J connectivity index is 1.39. The molecule has 10 heteroatoms. The summed E-state index contributed by atoms with van der Waals surface area (Å²) in [6.45, 7) is 2.01. The number of hydrogen-bond donors (Lipinski definition) is 0. The first-order valence-corrected chi connectivity index (χ1v) is 9.32. The van der Waals surface area contributed by atoms with Gasteiger partial charge >= 0.3 is 11.9 Å².